The molecule has 1 unspecified atom stereocenters. The van der Waals surface area contributed by atoms with Crippen LogP contribution < -0.4 is 10.0 Å². The monoisotopic (exact) mass is 390 g/mol. The minimum Gasteiger partial charge on any atom is -0.385 e. The number of amides is 1. The first-order chi connectivity index (χ1) is 11.7. The third kappa shape index (κ3) is 5.77. The Morgan fingerprint density at radius 3 is 2.76 bits per heavy atom. The van der Waals surface area contributed by atoms with Crippen LogP contribution in [0, 0.1) is 0 Å². The Balaban J connectivity index is 2.03. The number of hydrogen-bond donors (Lipinski definition) is 2. The number of carbonyl (C=O) groups excluding carboxylic acids is 1. The van der Waals surface area contributed by atoms with Crippen LogP contribution in [0.25, 0.3) is 0 Å². The Bertz CT molecular complexity index is 820. The van der Waals surface area contributed by atoms with Gasteiger partial charge in [0, 0.05) is 31.9 Å². The van der Waals surface area contributed by atoms with Crippen LogP contribution in [-0.2, 0) is 24.6 Å². The predicted octanol–water partition coefficient (Wildman–Crippen LogP) is -0.0817. The molecule has 1 aliphatic heterocycles. The lowest BCUT2D eigenvalue weighted by Crippen LogP contribution is -2.35. The molecular weight excluding hydrogens is 368 g/mol. The fraction of sp³-hybridized carbons (Fsp3) is 0.533. The molecule has 2 N–H and O–H groups in total. The summed E-state index contributed by atoms with van der Waals surface area (Å²) >= 11 is 0. The van der Waals surface area contributed by atoms with Crippen molar-refractivity contribution in [3.05, 3.63) is 29.8 Å². The lowest BCUT2D eigenvalue weighted by molar-refractivity contribution is 0.0941. The van der Waals surface area contributed by atoms with Gasteiger partial charge in [-0.05, 0) is 31.0 Å². The number of ether oxygens (including phenoxy) is 1. The lowest BCUT2D eigenvalue weighted by atomic mass is 10.2. The first-order valence-electron chi connectivity index (χ1n) is 7.83. The molecule has 0 saturated carbocycles. The second-order valence-electron chi connectivity index (χ2n) is 5.85. The molecule has 1 amide bonds. The summed E-state index contributed by atoms with van der Waals surface area (Å²) in [6.45, 7) is 0.668. The quantitative estimate of drug-likeness (QED) is 0.599. The molecule has 10 heteroatoms. The zero-order valence-electron chi connectivity index (χ0n) is 13.9. The third-order valence-electron chi connectivity index (χ3n) is 3.79. The van der Waals surface area contributed by atoms with Crippen LogP contribution in [0.4, 0.5) is 0 Å². The van der Waals surface area contributed by atoms with Crippen molar-refractivity contribution in [2.24, 2.45) is 0 Å². The van der Waals surface area contributed by atoms with Gasteiger partial charge >= 0.3 is 0 Å². The molecule has 0 radical (unpaired) electrons. The Morgan fingerprint density at radius 2 is 2.12 bits per heavy atom. The molecule has 8 nitrogen and oxygen atoms in total. The molecule has 0 bridgehead atoms. The molecule has 1 fully saturated rings. The summed E-state index contributed by atoms with van der Waals surface area (Å²) in [6.07, 6.45) is 0.902. The van der Waals surface area contributed by atoms with Crippen LogP contribution in [0.15, 0.2) is 29.2 Å². The highest BCUT2D eigenvalue weighted by atomic mass is 32.2. The maximum atomic E-state index is 12.3. The van der Waals surface area contributed by atoms with E-state index in [1.165, 1.54) is 31.4 Å². The normalized spacial score (nSPS) is 19.6. The van der Waals surface area contributed by atoms with Crippen LogP contribution >= 0.6 is 0 Å². The average molecular weight is 390 g/mol. The van der Waals surface area contributed by atoms with E-state index in [4.69, 9.17) is 4.74 Å². The zero-order chi connectivity index (χ0) is 18.5. The van der Waals surface area contributed by atoms with E-state index in [9.17, 15) is 21.6 Å². The van der Waals surface area contributed by atoms with E-state index in [0.717, 1.165) is 0 Å². The first-order valence-corrected chi connectivity index (χ1v) is 11.1. The van der Waals surface area contributed by atoms with Crippen molar-refractivity contribution < 1.29 is 26.4 Å². The smallest absolute Gasteiger partial charge is 0.251 e. The van der Waals surface area contributed by atoms with Crippen molar-refractivity contribution in [2.45, 2.75) is 23.8 Å². The van der Waals surface area contributed by atoms with Gasteiger partial charge in [-0.1, -0.05) is 6.07 Å². The molecule has 2 rings (SSSR count). The van der Waals surface area contributed by atoms with Crippen LogP contribution in [0.5, 0.6) is 0 Å². The van der Waals surface area contributed by atoms with Crippen molar-refractivity contribution >= 4 is 25.8 Å². The minimum absolute atomic E-state index is 0.0170. The van der Waals surface area contributed by atoms with Gasteiger partial charge in [-0.15, -0.1) is 0 Å². The molecule has 0 spiro atoms. The largest absolute Gasteiger partial charge is 0.385 e. The van der Waals surface area contributed by atoms with Crippen LogP contribution in [0.1, 0.15) is 23.2 Å². The zero-order valence-corrected chi connectivity index (χ0v) is 15.5. The first kappa shape index (κ1) is 19.8. The van der Waals surface area contributed by atoms with Gasteiger partial charge in [0.05, 0.1) is 16.4 Å². The molecular formula is C15H22N2O6S2. The predicted molar refractivity (Wildman–Crippen MR) is 92.6 cm³/mol. The SMILES string of the molecule is COCCCNS(=O)(=O)c1cccc(C(=O)NC2CCS(=O)(=O)C2)c1. The minimum atomic E-state index is -3.72. The fourth-order valence-corrected chi connectivity index (χ4v) is 5.28. The Labute approximate surface area is 147 Å². The van der Waals surface area contributed by atoms with Gasteiger partial charge in [-0.25, -0.2) is 21.6 Å². The number of carbonyl (C=O) groups is 1. The molecule has 140 valence electrons. The molecule has 0 aromatic heterocycles. The Kier molecular flexibility index (Phi) is 6.55. The van der Waals surface area contributed by atoms with Crippen LogP contribution in [0.3, 0.4) is 0 Å². The van der Waals surface area contributed by atoms with Gasteiger partial charge in [0.1, 0.15) is 0 Å². The van der Waals surface area contributed by atoms with Crippen molar-refractivity contribution in [1.29, 1.82) is 0 Å². The van der Waals surface area contributed by atoms with E-state index >= 15 is 0 Å². The maximum absolute atomic E-state index is 12.3. The molecule has 1 aliphatic rings. The van der Waals surface area contributed by atoms with Gasteiger partial charge in [0.2, 0.25) is 10.0 Å². The topological polar surface area (TPSA) is 119 Å². The number of methoxy groups -OCH3 is 1. The molecule has 1 heterocycles. The standard InChI is InChI=1S/C15H22N2O6S2/c1-23-8-3-7-16-25(21,22)14-5-2-4-12(10-14)15(18)17-13-6-9-24(19,20)11-13/h2,4-5,10,13,16H,3,6-9,11H2,1H3,(H,17,18). The molecule has 0 aliphatic carbocycles. The summed E-state index contributed by atoms with van der Waals surface area (Å²) < 4.78 is 54.7. The molecule has 1 atom stereocenters. The van der Waals surface area contributed by atoms with Crippen molar-refractivity contribution in [3.8, 4) is 0 Å². The number of hydrogen-bond acceptors (Lipinski definition) is 6. The van der Waals surface area contributed by atoms with Gasteiger partial charge in [0.25, 0.3) is 5.91 Å². The second-order valence-corrected chi connectivity index (χ2v) is 9.84. The molecule has 1 saturated heterocycles. The van der Waals surface area contributed by atoms with Crippen molar-refractivity contribution in [2.75, 3.05) is 31.8 Å². The number of nitrogens with one attached hydrogen (secondary N) is 2. The van der Waals surface area contributed by atoms with Crippen LogP contribution in [0.2, 0.25) is 0 Å². The van der Waals surface area contributed by atoms with E-state index in [2.05, 4.69) is 10.0 Å². The summed E-state index contributed by atoms with van der Waals surface area (Å²) in [7, 11) is -5.29. The maximum Gasteiger partial charge on any atom is 0.251 e. The summed E-state index contributed by atoms with van der Waals surface area (Å²) in [5.74, 6) is -0.520. The number of rotatable bonds is 8. The molecule has 25 heavy (non-hydrogen) atoms. The number of benzene rings is 1. The molecule has 1 aromatic rings. The van der Waals surface area contributed by atoms with Gasteiger partial charge < -0.3 is 10.1 Å². The Hall–Kier alpha value is -1.49. The number of sulfonamides is 1. The fourth-order valence-electron chi connectivity index (χ4n) is 2.49. The lowest BCUT2D eigenvalue weighted by Gasteiger charge is -2.12. The summed E-state index contributed by atoms with van der Waals surface area (Å²) in [4.78, 5) is 12.2. The highest BCUT2D eigenvalue weighted by molar-refractivity contribution is 7.91. The number of sulfone groups is 1. The van der Waals surface area contributed by atoms with E-state index < -0.39 is 31.8 Å². The summed E-state index contributed by atoms with van der Waals surface area (Å²) in [6, 6.07) is 5.20. The Morgan fingerprint density at radius 1 is 1.36 bits per heavy atom. The highest BCUT2D eigenvalue weighted by Gasteiger charge is 2.29. The summed E-state index contributed by atoms with van der Waals surface area (Å²) in [5.41, 5.74) is 0.170. The highest BCUT2D eigenvalue weighted by Crippen LogP contribution is 2.14. The van der Waals surface area contributed by atoms with Crippen molar-refractivity contribution in [1.82, 2.24) is 10.0 Å². The third-order valence-corrected chi connectivity index (χ3v) is 7.02. The van der Waals surface area contributed by atoms with E-state index in [1.54, 1.807) is 0 Å². The van der Waals surface area contributed by atoms with Gasteiger partial charge in [-0.2, -0.15) is 0 Å². The van der Waals surface area contributed by atoms with E-state index in [-0.39, 0.29) is 28.5 Å². The average Bonchev–Trinajstić information content (AvgIpc) is 2.90. The van der Waals surface area contributed by atoms with Crippen LogP contribution in [-0.4, -0.2) is 60.6 Å². The van der Waals surface area contributed by atoms with Crippen molar-refractivity contribution in [3.63, 3.8) is 0 Å². The van der Waals surface area contributed by atoms with E-state index in [0.29, 0.717) is 19.4 Å². The second kappa shape index (κ2) is 8.26. The summed E-state index contributed by atoms with van der Waals surface area (Å²) in [5, 5.41) is 2.64. The van der Waals surface area contributed by atoms with Gasteiger partial charge in [0.15, 0.2) is 9.84 Å². The van der Waals surface area contributed by atoms with E-state index in [1.807, 2.05) is 0 Å². The van der Waals surface area contributed by atoms with Gasteiger partial charge in [-0.3, -0.25) is 4.79 Å². The molecule has 1 aromatic carbocycles.